The number of aromatic hydroxyl groups is 1. The lowest BCUT2D eigenvalue weighted by molar-refractivity contribution is -0.142. The van der Waals surface area contributed by atoms with E-state index in [1.54, 1.807) is 6.92 Å². The number of hydrogen-bond donors (Lipinski definition) is 4. The van der Waals surface area contributed by atoms with E-state index in [9.17, 15) is 14.5 Å². The number of pyridine rings is 1. The van der Waals surface area contributed by atoms with E-state index in [2.05, 4.69) is 19.6 Å². The first-order chi connectivity index (χ1) is 10.7. The van der Waals surface area contributed by atoms with E-state index in [1.165, 1.54) is 25.1 Å². The van der Waals surface area contributed by atoms with Crippen molar-refractivity contribution in [2.24, 2.45) is 0 Å². The van der Waals surface area contributed by atoms with Crippen LogP contribution in [0.2, 0.25) is 0 Å². The molecule has 2 atom stereocenters. The fourth-order valence-electron chi connectivity index (χ4n) is 2.13. The summed E-state index contributed by atoms with van der Waals surface area (Å²) < 4.78 is 20.0. The smallest absolute Gasteiger partial charge is 0.469 e. The molecule has 0 aliphatic carbocycles. The highest BCUT2D eigenvalue weighted by atomic mass is 32.2. The van der Waals surface area contributed by atoms with E-state index in [4.69, 9.17) is 9.79 Å². The van der Waals surface area contributed by atoms with Crippen molar-refractivity contribution in [3.05, 3.63) is 23.0 Å². The quantitative estimate of drug-likeness (QED) is 0.433. The minimum atomic E-state index is -4.65. The van der Waals surface area contributed by atoms with Gasteiger partial charge in [0.1, 0.15) is 11.8 Å². The van der Waals surface area contributed by atoms with Crippen LogP contribution in [-0.4, -0.2) is 44.8 Å². The topological polar surface area (TPSA) is 138 Å². The fraction of sp³-hybridized carbons (Fsp3) is 0.500. The molecule has 0 saturated carbocycles. The molecule has 2 rings (SSSR count). The molecule has 2 heterocycles. The molecule has 128 valence electrons. The molecule has 0 bridgehead atoms. The van der Waals surface area contributed by atoms with Crippen molar-refractivity contribution in [2.75, 3.05) is 12.9 Å². The largest absolute Gasteiger partial charge is 0.506 e. The third-order valence-electron chi connectivity index (χ3n) is 3.28. The van der Waals surface area contributed by atoms with Crippen LogP contribution in [0.4, 0.5) is 0 Å². The number of methoxy groups -OCH3 is 1. The molecule has 4 N–H and O–H groups in total. The number of hydrogen-bond acceptors (Lipinski definition) is 8. The minimum Gasteiger partial charge on any atom is -0.506 e. The molecular weight excluding hydrogens is 347 g/mol. The molecule has 0 amide bonds. The molecule has 9 nitrogen and oxygen atoms in total. The molecular formula is C12H17N2O7PS. The van der Waals surface area contributed by atoms with Crippen LogP contribution in [-0.2, 0) is 25.2 Å². The molecule has 1 aliphatic rings. The van der Waals surface area contributed by atoms with Gasteiger partial charge in [-0.25, -0.2) is 4.57 Å². The van der Waals surface area contributed by atoms with Gasteiger partial charge in [-0.2, -0.15) is 0 Å². The number of esters is 1. The lowest BCUT2D eigenvalue weighted by Crippen LogP contribution is -2.35. The van der Waals surface area contributed by atoms with Gasteiger partial charge in [-0.15, -0.1) is 11.8 Å². The van der Waals surface area contributed by atoms with Crippen LogP contribution in [0.25, 0.3) is 0 Å². The standard InChI is InChI=1S/C12H17N2O7PS/c1-6-10(15)9(7(3-13-6)4-21-22(17,18)19)11-14-8(5-23-11)12(16)20-2/h3,8,11,14-15H,4-5H2,1-2H3,(H2,17,18,19). The Balaban J connectivity index is 2.28. The molecule has 1 aromatic rings. The van der Waals surface area contributed by atoms with Gasteiger partial charge < -0.3 is 19.6 Å². The van der Waals surface area contributed by atoms with E-state index in [0.29, 0.717) is 22.6 Å². The van der Waals surface area contributed by atoms with Gasteiger partial charge >= 0.3 is 13.8 Å². The highest BCUT2D eigenvalue weighted by molar-refractivity contribution is 7.99. The number of nitrogens with zero attached hydrogens (tertiary/aromatic N) is 1. The Bertz CT molecular complexity index is 651. The first-order valence-electron chi connectivity index (χ1n) is 6.56. The summed E-state index contributed by atoms with van der Waals surface area (Å²) in [6, 6.07) is -0.529. The Morgan fingerprint density at radius 2 is 2.26 bits per heavy atom. The molecule has 11 heteroatoms. The van der Waals surface area contributed by atoms with Crippen LogP contribution >= 0.6 is 19.6 Å². The summed E-state index contributed by atoms with van der Waals surface area (Å²) in [4.78, 5) is 33.2. The van der Waals surface area contributed by atoms with Crippen molar-refractivity contribution in [3.8, 4) is 5.75 Å². The molecule has 0 radical (unpaired) electrons. The number of carbonyl (C=O) groups excluding carboxylic acids is 1. The first kappa shape index (κ1) is 18.2. The van der Waals surface area contributed by atoms with E-state index >= 15 is 0 Å². The van der Waals surface area contributed by atoms with Gasteiger partial charge in [0, 0.05) is 23.1 Å². The van der Waals surface area contributed by atoms with Crippen molar-refractivity contribution in [1.29, 1.82) is 0 Å². The summed E-state index contributed by atoms with van der Waals surface area (Å²) in [5.74, 6) is -0.0812. The summed E-state index contributed by atoms with van der Waals surface area (Å²) in [7, 11) is -3.37. The molecule has 1 saturated heterocycles. The lowest BCUT2D eigenvalue weighted by Gasteiger charge is -2.19. The molecule has 0 spiro atoms. The number of rotatable bonds is 5. The lowest BCUT2D eigenvalue weighted by atomic mass is 10.1. The Kier molecular flexibility index (Phi) is 5.66. The number of ether oxygens (including phenoxy) is 1. The van der Waals surface area contributed by atoms with Crippen LogP contribution < -0.4 is 5.32 Å². The average Bonchev–Trinajstić information content (AvgIpc) is 2.96. The van der Waals surface area contributed by atoms with Crippen molar-refractivity contribution in [1.82, 2.24) is 10.3 Å². The van der Waals surface area contributed by atoms with Crippen molar-refractivity contribution >= 4 is 25.6 Å². The maximum absolute atomic E-state index is 11.6. The predicted octanol–water partition coefficient (Wildman–Crippen LogP) is 0.582. The Morgan fingerprint density at radius 3 is 2.87 bits per heavy atom. The van der Waals surface area contributed by atoms with Gasteiger partial charge in [0.2, 0.25) is 0 Å². The summed E-state index contributed by atoms with van der Waals surface area (Å²) in [5.41, 5.74) is 1.08. The Morgan fingerprint density at radius 1 is 1.57 bits per heavy atom. The number of nitrogens with one attached hydrogen (secondary N) is 1. The Labute approximate surface area is 136 Å². The molecule has 1 aliphatic heterocycles. The monoisotopic (exact) mass is 364 g/mol. The highest BCUT2D eigenvalue weighted by Crippen LogP contribution is 2.43. The van der Waals surface area contributed by atoms with Gasteiger partial charge in [0.05, 0.1) is 24.8 Å². The molecule has 1 fully saturated rings. The zero-order valence-corrected chi connectivity index (χ0v) is 14.1. The van der Waals surface area contributed by atoms with E-state index in [0.717, 1.165) is 0 Å². The van der Waals surface area contributed by atoms with Crippen LogP contribution in [0.3, 0.4) is 0 Å². The molecule has 2 unspecified atom stereocenters. The van der Waals surface area contributed by atoms with Gasteiger partial charge in [0.15, 0.2) is 0 Å². The van der Waals surface area contributed by atoms with Crippen LogP contribution in [0.1, 0.15) is 22.2 Å². The first-order valence-corrected chi connectivity index (χ1v) is 9.13. The van der Waals surface area contributed by atoms with Crippen molar-refractivity contribution in [2.45, 2.75) is 24.9 Å². The summed E-state index contributed by atoms with van der Waals surface area (Å²) in [6.07, 6.45) is 1.38. The van der Waals surface area contributed by atoms with Gasteiger partial charge in [-0.05, 0) is 6.92 Å². The summed E-state index contributed by atoms with van der Waals surface area (Å²) in [6.45, 7) is 1.19. The maximum Gasteiger partial charge on any atom is 0.469 e. The second-order valence-corrected chi connectivity index (χ2v) is 7.23. The molecule has 23 heavy (non-hydrogen) atoms. The van der Waals surface area contributed by atoms with Gasteiger partial charge in [0.25, 0.3) is 0 Å². The number of aryl methyl sites for hydroxylation is 1. The second-order valence-electron chi connectivity index (χ2n) is 4.85. The van der Waals surface area contributed by atoms with Gasteiger partial charge in [-0.3, -0.25) is 19.6 Å². The van der Waals surface area contributed by atoms with Crippen molar-refractivity contribution < 1.29 is 33.5 Å². The predicted molar refractivity (Wildman–Crippen MR) is 81.6 cm³/mol. The Hall–Kier alpha value is -1.16. The second kappa shape index (κ2) is 7.16. The van der Waals surface area contributed by atoms with E-state index in [-0.39, 0.29) is 5.75 Å². The number of phosphoric acid groups is 1. The highest BCUT2D eigenvalue weighted by Gasteiger charge is 2.34. The minimum absolute atomic E-state index is 0.104. The third-order valence-corrected chi connectivity index (χ3v) is 4.97. The van der Waals surface area contributed by atoms with Crippen molar-refractivity contribution in [3.63, 3.8) is 0 Å². The van der Waals surface area contributed by atoms with Crippen LogP contribution in [0, 0.1) is 6.92 Å². The zero-order chi connectivity index (χ0) is 17.2. The summed E-state index contributed by atoms with van der Waals surface area (Å²) >= 11 is 1.37. The number of carbonyl (C=O) groups is 1. The van der Waals surface area contributed by atoms with E-state index in [1.807, 2.05) is 0 Å². The number of thioether (sulfide) groups is 1. The third kappa shape index (κ3) is 4.43. The normalized spacial score (nSPS) is 21.4. The zero-order valence-electron chi connectivity index (χ0n) is 12.4. The summed E-state index contributed by atoms with van der Waals surface area (Å²) in [5, 5.41) is 12.8. The maximum atomic E-state index is 11.6. The average molecular weight is 364 g/mol. The molecule has 0 aromatic carbocycles. The molecule has 1 aromatic heterocycles. The number of phosphoric ester groups is 1. The van der Waals surface area contributed by atoms with Crippen LogP contribution in [0.15, 0.2) is 6.20 Å². The fourth-order valence-corrected chi connectivity index (χ4v) is 3.74. The number of aromatic nitrogens is 1. The van der Waals surface area contributed by atoms with Crippen LogP contribution in [0.5, 0.6) is 5.75 Å². The van der Waals surface area contributed by atoms with E-state index < -0.39 is 31.8 Å². The SMILES string of the molecule is COC(=O)C1CSC(c2c(COP(=O)(O)O)cnc(C)c2O)N1. The van der Waals surface area contributed by atoms with Gasteiger partial charge in [-0.1, -0.05) is 0 Å².